The van der Waals surface area contributed by atoms with Crippen molar-refractivity contribution in [1.82, 2.24) is 4.98 Å². The monoisotopic (exact) mass is 230 g/mol. The normalized spacial score (nSPS) is 10.7. The number of aromatic nitrogens is 1. The van der Waals surface area contributed by atoms with E-state index in [1.54, 1.807) is 6.20 Å². The molecular formula is C14H13ClN. The second-order valence-corrected chi connectivity index (χ2v) is 4.02. The number of nitrogens with zero attached hydrogens (tertiary/aromatic N) is 1. The van der Waals surface area contributed by atoms with Crippen molar-refractivity contribution in [2.24, 2.45) is 0 Å². The van der Waals surface area contributed by atoms with E-state index < -0.39 is 0 Å². The van der Waals surface area contributed by atoms with E-state index in [0.29, 0.717) is 0 Å². The van der Waals surface area contributed by atoms with Gasteiger partial charge in [-0.2, -0.15) is 0 Å². The van der Waals surface area contributed by atoms with Crippen LogP contribution in [0.25, 0.3) is 0 Å². The average molecular weight is 231 g/mol. The number of benzene rings is 1. The van der Waals surface area contributed by atoms with Crippen LogP contribution in [-0.2, 0) is 0 Å². The minimum absolute atomic E-state index is 0.769. The predicted octanol–water partition coefficient (Wildman–Crippen LogP) is 4.12. The summed E-state index contributed by atoms with van der Waals surface area (Å²) in [5.41, 5.74) is 2.38. The van der Waals surface area contributed by atoms with Gasteiger partial charge in [-0.1, -0.05) is 36.7 Å². The van der Waals surface area contributed by atoms with Gasteiger partial charge in [-0.3, -0.25) is 4.98 Å². The Balaban J connectivity index is 2.33. The number of pyridine rings is 1. The van der Waals surface area contributed by atoms with Gasteiger partial charge in [0.25, 0.3) is 0 Å². The van der Waals surface area contributed by atoms with Crippen molar-refractivity contribution in [2.45, 2.75) is 13.3 Å². The van der Waals surface area contributed by atoms with Gasteiger partial charge in [0.1, 0.15) is 0 Å². The zero-order chi connectivity index (χ0) is 11.4. The molecule has 1 aromatic carbocycles. The maximum atomic E-state index is 5.88. The van der Waals surface area contributed by atoms with Gasteiger partial charge in [-0.05, 0) is 35.7 Å². The molecule has 1 heterocycles. The van der Waals surface area contributed by atoms with Gasteiger partial charge in [0.15, 0.2) is 0 Å². The first-order chi connectivity index (χ1) is 7.81. The second-order valence-electron chi connectivity index (χ2n) is 3.58. The average Bonchev–Trinajstić information content (AvgIpc) is 2.34. The van der Waals surface area contributed by atoms with Crippen LogP contribution in [-0.4, -0.2) is 4.98 Å². The summed E-state index contributed by atoms with van der Waals surface area (Å²) in [6.07, 6.45) is 4.67. The molecular weight excluding hydrogens is 218 g/mol. The third-order valence-electron chi connectivity index (χ3n) is 2.56. The molecule has 2 rings (SSSR count). The highest BCUT2D eigenvalue weighted by atomic mass is 35.5. The molecule has 0 spiro atoms. The molecule has 0 amide bonds. The molecule has 0 fully saturated rings. The smallest absolute Gasteiger partial charge is 0.0406 e. The van der Waals surface area contributed by atoms with Gasteiger partial charge < -0.3 is 0 Å². The van der Waals surface area contributed by atoms with Gasteiger partial charge in [-0.15, -0.1) is 0 Å². The summed E-state index contributed by atoms with van der Waals surface area (Å²) in [5, 5.41) is 0.769. The van der Waals surface area contributed by atoms with Crippen molar-refractivity contribution < 1.29 is 0 Å². The second kappa shape index (κ2) is 5.13. The molecule has 16 heavy (non-hydrogen) atoms. The topological polar surface area (TPSA) is 12.9 Å². The number of halogens is 1. The molecule has 0 aliphatic carbocycles. The predicted molar refractivity (Wildman–Crippen MR) is 67.4 cm³/mol. The summed E-state index contributed by atoms with van der Waals surface area (Å²) in [6, 6.07) is 12.0. The fraction of sp³-hybridized carbons (Fsp3) is 0.143. The van der Waals surface area contributed by atoms with E-state index in [4.69, 9.17) is 11.6 Å². The van der Waals surface area contributed by atoms with E-state index in [1.165, 1.54) is 17.0 Å². The highest BCUT2D eigenvalue weighted by molar-refractivity contribution is 6.30. The Morgan fingerprint density at radius 3 is 2.44 bits per heavy atom. The number of hydrogen-bond acceptors (Lipinski definition) is 1. The number of hydrogen-bond donors (Lipinski definition) is 0. The Labute approximate surface area is 101 Å². The molecule has 0 N–H and O–H groups in total. The molecule has 81 valence electrons. The quantitative estimate of drug-likeness (QED) is 0.773. The molecule has 1 aromatic heterocycles. The lowest BCUT2D eigenvalue weighted by Crippen LogP contribution is -2.00. The molecule has 0 saturated carbocycles. The Morgan fingerprint density at radius 1 is 1.12 bits per heavy atom. The molecule has 2 heteroatoms. The van der Waals surface area contributed by atoms with Gasteiger partial charge in [0.05, 0.1) is 0 Å². The minimum Gasteiger partial charge on any atom is -0.264 e. The van der Waals surface area contributed by atoms with E-state index >= 15 is 0 Å². The first-order valence-electron chi connectivity index (χ1n) is 5.33. The summed E-state index contributed by atoms with van der Waals surface area (Å²) < 4.78 is 0. The van der Waals surface area contributed by atoms with Crippen molar-refractivity contribution in [3.05, 3.63) is 70.9 Å². The van der Waals surface area contributed by atoms with Crippen LogP contribution >= 0.6 is 11.6 Å². The summed E-state index contributed by atoms with van der Waals surface area (Å²) in [5.74, 6) is 1.30. The molecule has 0 saturated heterocycles. The first-order valence-corrected chi connectivity index (χ1v) is 5.71. The Kier molecular flexibility index (Phi) is 3.58. The van der Waals surface area contributed by atoms with Crippen LogP contribution in [0.5, 0.6) is 0 Å². The highest BCUT2D eigenvalue weighted by Gasteiger charge is 2.12. The Hall–Kier alpha value is -1.34. The Bertz CT molecular complexity index is 436. The molecule has 1 radical (unpaired) electrons. The van der Waals surface area contributed by atoms with E-state index in [0.717, 1.165) is 11.4 Å². The SMILES string of the molecule is CC[C](c1ccc(Cl)cc1)c1cccnc1. The third-order valence-corrected chi connectivity index (χ3v) is 2.81. The lowest BCUT2D eigenvalue weighted by molar-refractivity contribution is 0.981. The van der Waals surface area contributed by atoms with Gasteiger partial charge in [0, 0.05) is 23.3 Å². The summed E-state index contributed by atoms with van der Waals surface area (Å²) in [4.78, 5) is 4.15. The highest BCUT2D eigenvalue weighted by Crippen LogP contribution is 2.26. The third kappa shape index (κ3) is 2.42. The van der Waals surface area contributed by atoms with Crippen molar-refractivity contribution >= 4 is 11.6 Å². The molecule has 0 bridgehead atoms. The van der Waals surface area contributed by atoms with Crippen LogP contribution < -0.4 is 0 Å². The summed E-state index contributed by atoms with van der Waals surface area (Å²) in [7, 11) is 0. The fourth-order valence-corrected chi connectivity index (χ4v) is 1.89. The van der Waals surface area contributed by atoms with Crippen molar-refractivity contribution in [3.8, 4) is 0 Å². The van der Waals surface area contributed by atoms with E-state index in [-0.39, 0.29) is 0 Å². The molecule has 0 aliphatic rings. The maximum absolute atomic E-state index is 5.88. The fourth-order valence-electron chi connectivity index (χ4n) is 1.77. The largest absolute Gasteiger partial charge is 0.264 e. The van der Waals surface area contributed by atoms with Crippen molar-refractivity contribution in [2.75, 3.05) is 0 Å². The maximum Gasteiger partial charge on any atom is 0.0406 e. The van der Waals surface area contributed by atoms with Gasteiger partial charge in [-0.25, -0.2) is 0 Å². The molecule has 1 nitrogen and oxygen atoms in total. The van der Waals surface area contributed by atoms with E-state index in [1.807, 2.05) is 36.5 Å². The molecule has 2 aromatic rings. The van der Waals surface area contributed by atoms with Crippen LogP contribution in [0.2, 0.25) is 5.02 Å². The summed E-state index contributed by atoms with van der Waals surface area (Å²) >= 11 is 5.88. The minimum atomic E-state index is 0.769. The van der Waals surface area contributed by atoms with Crippen LogP contribution in [0.3, 0.4) is 0 Å². The van der Waals surface area contributed by atoms with Crippen molar-refractivity contribution in [3.63, 3.8) is 0 Å². The van der Waals surface area contributed by atoms with Crippen LogP contribution in [0.15, 0.2) is 48.8 Å². The molecule has 0 atom stereocenters. The molecule has 0 aliphatic heterocycles. The Morgan fingerprint density at radius 2 is 1.88 bits per heavy atom. The van der Waals surface area contributed by atoms with Crippen LogP contribution in [0.4, 0.5) is 0 Å². The lowest BCUT2D eigenvalue weighted by Gasteiger charge is -2.14. The zero-order valence-electron chi connectivity index (χ0n) is 9.15. The van der Waals surface area contributed by atoms with Gasteiger partial charge >= 0.3 is 0 Å². The first kappa shape index (κ1) is 11.2. The van der Waals surface area contributed by atoms with Crippen LogP contribution in [0.1, 0.15) is 24.5 Å². The van der Waals surface area contributed by atoms with Crippen LogP contribution in [0, 0.1) is 5.92 Å². The summed E-state index contributed by atoms with van der Waals surface area (Å²) in [6.45, 7) is 2.15. The number of rotatable bonds is 3. The standard InChI is InChI=1S/C14H13ClN/c1-2-14(12-4-3-9-16-10-12)11-5-7-13(15)8-6-11/h3-10H,2H2,1H3. The van der Waals surface area contributed by atoms with Crippen molar-refractivity contribution in [1.29, 1.82) is 0 Å². The zero-order valence-corrected chi connectivity index (χ0v) is 9.91. The molecule has 0 unspecified atom stereocenters. The van der Waals surface area contributed by atoms with Gasteiger partial charge in [0.2, 0.25) is 0 Å². The lowest BCUT2D eigenvalue weighted by atomic mass is 9.90. The van der Waals surface area contributed by atoms with E-state index in [9.17, 15) is 0 Å². The van der Waals surface area contributed by atoms with E-state index in [2.05, 4.69) is 18.0 Å².